The van der Waals surface area contributed by atoms with Gasteiger partial charge in [0.05, 0.1) is 0 Å². The fraction of sp³-hybridized carbons (Fsp3) is 0.824. The molecule has 0 radical (unpaired) electrons. The van der Waals surface area contributed by atoms with Crippen molar-refractivity contribution in [3.05, 3.63) is 35.4 Å². The normalized spacial score (nSPS) is 13.2. The lowest BCUT2D eigenvalue weighted by atomic mass is 9.95. The minimum Gasteiger partial charge on any atom is -0.313 e. The Bertz CT molecular complexity index is 516. The molecule has 0 aromatic heterocycles. The van der Waals surface area contributed by atoms with E-state index in [9.17, 15) is 0 Å². The Balaban J connectivity index is 2.21. The second-order valence-corrected chi connectivity index (χ2v) is 11.3. The highest BCUT2D eigenvalue weighted by molar-refractivity contribution is 5.27. The molecule has 0 aliphatic heterocycles. The Morgan fingerprint density at radius 1 is 0.417 bits per heavy atom. The van der Waals surface area contributed by atoms with Gasteiger partial charge in [0, 0.05) is 12.1 Å². The van der Waals surface area contributed by atoms with Crippen molar-refractivity contribution in [3.63, 3.8) is 0 Å². The molecule has 2 N–H and O–H groups in total. The summed E-state index contributed by atoms with van der Waals surface area (Å²) in [6, 6.07) is 10.5. The fourth-order valence-corrected chi connectivity index (χ4v) is 5.59. The van der Waals surface area contributed by atoms with E-state index in [-0.39, 0.29) is 0 Å². The Labute approximate surface area is 227 Å². The van der Waals surface area contributed by atoms with Gasteiger partial charge in [0.2, 0.25) is 0 Å². The number of hydrogen-bond acceptors (Lipinski definition) is 2. The van der Waals surface area contributed by atoms with Crippen molar-refractivity contribution in [3.8, 4) is 0 Å². The standard InChI is InChI=1S/C34H64N2/c1-5-7-9-11-13-15-17-19-21-23-25-33(35-3)31-27-29-32(30-28-31)34(36-4)26-24-22-20-18-16-14-12-10-8-6-2/h27-30,33-36H,5-26H2,1-4H3. The van der Waals surface area contributed by atoms with Crippen molar-refractivity contribution in [1.82, 2.24) is 10.6 Å². The Hall–Kier alpha value is -0.860. The molecule has 0 saturated carbocycles. The molecular formula is C34H64N2. The lowest BCUT2D eigenvalue weighted by Gasteiger charge is -2.20. The van der Waals surface area contributed by atoms with Crippen LogP contribution in [0, 0.1) is 0 Å². The molecule has 2 heteroatoms. The molecule has 1 aromatic rings. The number of nitrogens with one attached hydrogen (secondary N) is 2. The molecule has 0 spiro atoms. The monoisotopic (exact) mass is 501 g/mol. The molecule has 1 rings (SSSR count). The highest BCUT2D eigenvalue weighted by Crippen LogP contribution is 2.25. The average molecular weight is 501 g/mol. The number of benzene rings is 1. The summed E-state index contributed by atoms with van der Waals surface area (Å²) in [7, 11) is 4.24. The van der Waals surface area contributed by atoms with E-state index in [2.05, 4.69) is 62.8 Å². The summed E-state index contributed by atoms with van der Waals surface area (Å²) in [6.07, 6.45) is 30.7. The van der Waals surface area contributed by atoms with Crippen LogP contribution >= 0.6 is 0 Å². The average Bonchev–Trinajstić information content (AvgIpc) is 2.91. The van der Waals surface area contributed by atoms with Crippen LogP contribution in [0.15, 0.2) is 24.3 Å². The van der Waals surface area contributed by atoms with Gasteiger partial charge < -0.3 is 10.6 Å². The van der Waals surface area contributed by atoms with Crippen LogP contribution < -0.4 is 10.6 Å². The summed E-state index contributed by atoms with van der Waals surface area (Å²) in [5, 5.41) is 7.14. The van der Waals surface area contributed by atoms with Crippen LogP contribution in [0.4, 0.5) is 0 Å². The lowest BCUT2D eigenvalue weighted by molar-refractivity contribution is 0.488. The maximum atomic E-state index is 3.57. The highest BCUT2D eigenvalue weighted by atomic mass is 14.9. The summed E-state index contributed by atoms with van der Waals surface area (Å²) in [5.41, 5.74) is 2.90. The van der Waals surface area contributed by atoms with Crippen LogP contribution in [0.25, 0.3) is 0 Å². The molecule has 2 nitrogen and oxygen atoms in total. The van der Waals surface area contributed by atoms with Gasteiger partial charge in [-0.1, -0.05) is 167 Å². The molecule has 0 heterocycles. The molecule has 1 aromatic carbocycles. The third-order valence-electron chi connectivity index (χ3n) is 8.13. The van der Waals surface area contributed by atoms with Crippen molar-refractivity contribution < 1.29 is 0 Å². The van der Waals surface area contributed by atoms with Crippen LogP contribution in [0.3, 0.4) is 0 Å². The largest absolute Gasteiger partial charge is 0.313 e. The maximum absolute atomic E-state index is 3.57. The van der Waals surface area contributed by atoms with Crippen molar-refractivity contribution >= 4 is 0 Å². The quantitative estimate of drug-likeness (QED) is 0.124. The summed E-state index contributed by atoms with van der Waals surface area (Å²) in [5.74, 6) is 0. The summed E-state index contributed by atoms with van der Waals surface area (Å²) in [6.45, 7) is 4.59. The van der Waals surface area contributed by atoms with Crippen LogP contribution in [-0.4, -0.2) is 14.1 Å². The first kappa shape index (κ1) is 33.2. The molecule has 36 heavy (non-hydrogen) atoms. The van der Waals surface area contributed by atoms with E-state index in [1.807, 2.05) is 0 Å². The number of unbranched alkanes of at least 4 members (excludes halogenated alkanes) is 18. The van der Waals surface area contributed by atoms with Gasteiger partial charge in [0.25, 0.3) is 0 Å². The lowest BCUT2D eigenvalue weighted by Crippen LogP contribution is -2.18. The molecule has 0 bridgehead atoms. The van der Waals surface area contributed by atoms with Gasteiger partial charge in [0.1, 0.15) is 0 Å². The Morgan fingerprint density at radius 2 is 0.667 bits per heavy atom. The second-order valence-electron chi connectivity index (χ2n) is 11.3. The van der Waals surface area contributed by atoms with E-state index in [1.165, 1.54) is 152 Å². The Morgan fingerprint density at radius 3 is 0.917 bits per heavy atom. The van der Waals surface area contributed by atoms with Gasteiger partial charge in [-0.2, -0.15) is 0 Å². The predicted molar refractivity (Wildman–Crippen MR) is 163 cm³/mol. The Kier molecular flexibility index (Phi) is 22.6. The van der Waals surface area contributed by atoms with Gasteiger partial charge in [0.15, 0.2) is 0 Å². The van der Waals surface area contributed by atoms with Crippen LogP contribution in [0.1, 0.15) is 178 Å². The summed E-state index contributed by atoms with van der Waals surface area (Å²) < 4.78 is 0. The number of rotatable bonds is 26. The zero-order valence-electron chi connectivity index (χ0n) is 25.0. The zero-order valence-corrected chi connectivity index (χ0v) is 25.0. The molecular weight excluding hydrogens is 436 g/mol. The van der Waals surface area contributed by atoms with E-state index >= 15 is 0 Å². The molecule has 0 amide bonds. The second kappa shape index (κ2) is 24.5. The minimum atomic E-state index is 0.489. The molecule has 0 aliphatic rings. The first-order valence-electron chi connectivity index (χ1n) is 16.2. The SMILES string of the molecule is CCCCCCCCCCCCC(NC)c1ccc(C(CCCCCCCCCCCC)NC)cc1. The fourth-order valence-electron chi connectivity index (χ4n) is 5.59. The van der Waals surface area contributed by atoms with Crippen LogP contribution in [0.2, 0.25) is 0 Å². The van der Waals surface area contributed by atoms with E-state index in [0.29, 0.717) is 12.1 Å². The minimum absolute atomic E-state index is 0.489. The van der Waals surface area contributed by atoms with Crippen molar-refractivity contribution in [2.24, 2.45) is 0 Å². The van der Waals surface area contributed by atoms with E-state index in [4.69, 9.17) is 0 Å². The van der Waals surface area contributed by atoms with Gasteiger partial charge >= 0.3 is 0 Å². The van der Waals surface area contributed by atoms with Crippen molar-refractivity contribution in [1.29, 1.82) is 0 Å². The predicted octanol–water partition coefficient (Wildman–Crippen LogP) is 10.8. The number of hydrogen-bond donors (Lipinski definition) is 2. The van der Waals surface area contributed by atoms with Crippen molar-refractivity contribution in [2.75, 3.05) is 14.1 Å². The first-order chi connectivity index (χ1) is 17.8. The zero-order chi connectivity index (χ0) is 26.1. The van der Waals surface area contributed by atoms with Crippen molar-refractivity contribution in [2.45, 2.75) is 167 Å². The van der Waals surface area contributed by atoms with E-state index < -0.39 is 0 Å². The molecule has 2 atom stereocenters. The summed E-state index contributed by atoms with van der Waals surface area (Å²) >= 11 is 0. The smallest absolute Gasteiger partial charge is 0.0317 e. The molecule has 0 aliphatic carbocycles. The van der Waals surface area contributed by atoms with E-state index in [0.717, 1.165) is 0 Å². The maximum Gasteiger partial charge on any atom is 0.0317 e. The van der Waals surface area contributed by atoms with Gasteiger partial charge in [-0.25, -0.2) is 0 Å². The molecule has 2 unspecified atom stereocenters. The van der Waals surface area contributed by atoms with Gasteiger partial charge in [-0.3, -0.25) is 0 Å². The topological polar surface area (TPSA) is 24.1 Å². The molecule has 0 saturated heterocycles. The van der Waals surface area contributed by atoms with Crippen LogP contribution in [-0.2, 0) is 0 Å². The molecule has 210 valence electrons. The van der Waals surface area contributed by atoms with E-state index in [1.54, 1.807) is 0 Å². The van der Waals surface area contributed by atoms with Gasteiger partial charge in [-0.15, -0.1) is 0 Å². The van der Waals surface area contributed by atoms with Crippen LogP contribution in [0.5, 0.6) is 0 Å². The summed E-state index contributed by atoms with van der Waals surface area (Å²) in [4.78, 5) is 0. The first-order valence-corrected chi connectivity index (χ1v) is 16.2. The third kappa shape index (κ3) is 16.8. The molecule has 0 fully saturated rings. The highest BCUT2D eigenvalue weighted by Gasteiger charge is 2.12. The third-order valence-corrected chi connectivity index (χ3v) is 8.13. The van der Waals surface area contributed by atoms with Gasteiger partial charge in [-0.05, 0) is 38.1 Å².